The molecule has 1 aliphatic rings. The molecule has 0 aliphatic carbocycles. The molecule has 0 spiro atoms. The highest BCUT2D eigenvalue weighted by atomic mass is 19.2. The van der Waals surface area contributed by atoms with Crippen LogP contribution in [0.25, 0.3) is 0 Å². The number of methoxy groups -OCH3 is 1. The lowest BCUT2D eigenvalue weighted by atomic mass is 10.0. The van der Waals surface area contributed by atoms with E-state index in [1.165, 1.54) is 20.4 Å². The lowest BCUT2D eigenvalue weighted by Crippen LogP contribution is -2.35. The molecule has 0 amide bonds. The Morgan fingerprint density at radius 2 is 2.13 bits per heavy atom. The SMILES string of the molecule is COC(Nc1cn(CC(/C=C(\C)F)=C/C(F)=C(\C)F)cn1)C1C=C(N)C(CO)=NC1. The number of anilines is 1. The van der Waals surface area contributed by atoms with Gasteiger partial charge in [0.15, 0.2) is 5.83 Å². The molecule has 2 unspecified atom stereocenters. The number of rotatable bonds is 9. The van der Waals surface area contributed by atoms with E-state index in [1.54, 1.807) is 16.8 Å². The first-order chi connectivity index (χ1) is 14.2. The third-order valence-electron chi connectivity index (χ3n) is 4.33. The van der Waals surface area contributed by atoms with Gasteiger partial charge in [-0.05, 0) is 31.6 Å². The number of aliphatic hydroxyl groups is 1. The Morgan fingerprint density at radius 3 is 2.70 bits per heavy atom. The summed E-state index contributed by atoms with van der Waals surface area (Å²) in [5.74, 6) is -2.31. The number of nitrogens with one attached hydrogen (secondary N) is 1. The number of aliphatic hydroxyl groups excluding tert-OH is 1. The molecule has 0 saturated heterocycles. The van der Waals surface area contributed by atoms with Gasteiger partial charge in [-0.2, -0.15) is 0 Å². The minimum atomic E-state index is -1.06. The highest BCUT2D eigenvalue weighted by Gasteiger charge is 2.24. The normalized spacial score (nSPS) is 19.8. The summed E-state index contributed by atoms with van der Waals surface area (Å²) in [6.07, 6.45) is 6.44. The summed E-state index contributed by atoms with van der Waals surface area (Å²) in [7, 11) is 1.52. The van der Waals surface area contributed by atoms with Crippen LogP contribution in [0.1, 0.15) is 13.8 Å². The van der Waals surface area contributed by atoms with Gasteiger partial charge in [0.2, 0.25) is 0 Å². The van der Waals surface area contributed by atoms with Gasteiger partial charge in [0.1, 0.15) is 17.9 Å². The number of ether oxygens (including phenoxy) is 1. The van der Waals surface area contributed by atoms with Crippen LogP contribution in [-0.2, 0) is 11.3 Å². The molecule has 1 aliphatic heterocycles. The first-order valence-electron chi connectivity index (χ1n) is 9.22. The van der Waals surface area contributed by atoms with Crippen molar-refractivity contribution in [3.63, 3.8) is 0 Å². The smallest absolute Gasteiger partial charge is 0.154 e. The fourth-order valence-electron chi connectivity index (χ4n) is 2.88. The zero-order chi connectivity index (χ0) is 22.3. The highest BCUT2D eigenvalue weighted by Crippen LogP contribution is 2.20. The maximum absolute atomic E-state index is 13.6. The van der Waals surface area contributed by atoms with E-state index >= 15 is 0 Å². The van der Waals surface area contributed by atoms with Gasteiger partial charge in [0, 0.05) is 25.8 Å². The number of halogens is 3. The molecule has 10 heteroatoms. The Morgan fingerprint density at radius 1 is 1.40 bits per heavy atom. The molecule has 1 aromatic heterocycles. The number of nitrogens with zero attached hydrogens (tertiary/aromatic N) is 3. The molecular weight excluding hydrogens is 399 g/mol. The summed E-state index contributed by atoms with van der Waals surface area (Å²) < 4.78 is 47.0. The predicted molar refractivity (Wildman–Crippen MR) is 110 cm³/mol. The third kappa shape index (κ3) is 6.60. The lowest BCUT2D eigenvalue weighted by Gasteiger charge is -2.26. The molecular formula is C20H26F3N5O2. The molecule has 2 heterocycles. The van der Waals surface area contributed by atoms with Gasteiger partial charge in [-0.1, -0.05) is 6.08 Å². The summed E-state index contributed by atoms with van der Waals surface area (Å²) in [5.41, 5.74) is 6.95. The van der Waals surface area contributed by atoms with Crippen molar-refractivity contribution in [3.8, 4) is 0 Å². The van der Waals surface area contributed by atoms with Crippen LogP contribution in [0, 0.1) is 5.92 Å². The highest BCUT2D eigenvalue weighted by molar-refractivity contribution is 6.00. The molecule has 0 aromatic carbocycles. The molecule has 4 N–H and O–H groups in total. The van der Waals surface area contributed by atoms with Gasteiger partial charge in [0.05, 0.1) is 36.7 Å². The molecule has 30 heavy (non-hydrogen) atoms. The Balaban J connectivity index is 2.12. The summed E-state index contributed by atoms with van der Waals surface area (Å²) >= 11 is 0. The molecule has 0 radical (unpaired) electrons. The summed E-state index contributed by atoms with van der Waals surface area (Å²) in [6.45, 7) is 2.43. The van der Waals surface area contributed by atoms with E-state index in [9.17, 15) is 18.3 Å². The van der Waals surface area contributed by atoms with Crippen LogP contribution in [0.3, 0.4) is 0 Å². The van der Waals surface area contributed by atoms with Gasteiger partial charge in [-0.3, -0.25) is 4.99 Å². The van der Waals surface area contributed by atoms with Crippen molar-refractivity contribution in [2.45, 2.75) is 26.6 Å². The molecule has 0 fully saturated rings. The minimum Gasteiger partial charge on any atom is -0.397 e. The largest absolute Gasteiger partial charge is 0.397 e. The molecule has 7 nitrogen and oxygen atoms in total. The second-order valence-electron chi connectivity index (χ2n) is 6.80. The number of dihydropyridines is 1. The average molecular weight is 425 g/mol. The fraction of sp³-hybridized carbons (Fsp3) is 0.400. The van der Waals surface area contributed by atoms with E-state index in [0.29, 0.717) is 23.8 Å². The molecule has 164 valence electrons. The number of hydrogen-bond donors (Lipinski definition) is 3. The Bertz CT molecular complexity index is 894. The number of aromatic nitrogens is 2. The summed E-state index contributed by atoms with van der Waals surface area (Å²) in [6, 6.07) is 0. The molecule has 0 saturated carbocycles. The molecule has 2 atom stereocenters. The van der Waals surface area contributed by atoms with Crippen LogP contribution in [0.15, 0.2) is 64.5 Å². The van der Waals surface area contributed by atoms with Crippen LogP contribution >= 0.6 is 0 Å². The van der Waals surface area contributed by atoms with Crippen LogP contribution in [0.2, 0.25) is 0 Å². The van der Waals surface area contributed by atoms with Crippen LogP contribution in [0.5, 0.6) is 0 Å². The van der Waals surface area contributed by atoms with Crippen molar-refractivity contribution in [2.24, 2.45) is 16.6 Å². The number of allylic oxidation sites excluding steroid dienone is 6. The van der Waals surface area contributed by atoms with Crippen molar-refractivity contribution < 1.29 is 23.0 Å². The van der Waals surface area contributed by atoms with Gasteiger partial charge < -0.3 is 25.5 Å². The quantitative estimate of drug-likeness (QED) is 0.417. The average Bonchev–Trinajstić information content (AvgIpc) is 3.12. The van der Waals surface area contributed by atoms with Gasteiger partial charge >= 0.3 is 0 Å². The van der Waals surface area contributed by atoms with E-state index in [-0.39, 0.29) is 24.6 Å². The predicted octanol–water partition coefficient (Wildman–Crippen LogP) is 3.14. The number of hydrogen-bond acceptors (Lipinski definition) is 6. The second-order valence-corrected chi connectivity index (χ2v) is 6.80. The summed E-state index contributed by atoms with van der Waals surface area (Å²) in [5, 5.41) is 12.3. The lowest BCUT2D eigenvalue weighted by molar-refractivity contribution is 0.0929. The maximum atomic E-state index is 13.6. The standard InChI is InChI=1S/C20H26F3N5O2/c1-12(21)4-14(5-16(23)13(2)22)8-28-9-19(26-11-28)27-20(30-3)15-6-17(24)18(10-29)25-7-15/h4-6,9,11,15,20,27,29H,7-8,10,24H2,1-3H3/b12-4+,14-5+,16-13-. The minimum absolute atomic E-state index is 0.0781. The Labute approximate surface area is 173 Å². The first kappa shape index (κ1) is 23.4. The zero-order valence-electron chi connectivity index (χ0n) is 17.1. The number of aliphatic imine (C=N–C) groups is 1. The van der Waals surface area contributed by atoms with Gasteiger partial charge in [0.25, 0.3) is 0 Å². The first-order valence-corrected chi connectivity index (χ1v) is 9.22. The van der Waals surface area contributed by atoms with Crippen LogP contribution in [-0.4, -0.2) is 46.9 Å². The maximum Gasteiger partial charge on any atom is 0.154 e. The van der Waals surface area contributed by atoms with Gasteiger partial charge in [-0.15, -0.1) is 0 Å². The second kappa shape index (κ2) is 10.8. The van der Waals surface area contributed by atoms with E-state index < -0.39 is 23.7 Å². The number of nitrogens with two attached hydrogens (primary N) is 1. The summed E-state index contributed by atoms with van der Waals surface area (Å²) in [4.78, 5) is 8.46. The Kier molecular flexibility index (Phi) is 8.43. The van der Waals surface area contributed by atoms with Crippen LogP contribution in [0.4, 0.5) is 19.0 Å². The van der Waals surface area contributed by atoms with Crippen molar-refractivity contribution in [1.29, 1.82) is 0 Å². The van der Waals surface area contributed by atoms with Crippen molar-refractivity contribution in [3.05, 3.63) is 59.5 Å². The molecule has 1 aromatic rings. The van der Waals surface area contributed by atoms with E-state index in [2.05, 4.69) is 15.3 Å². The van der Waals surface area contributed by atoms with Crippen molar-refractivity contribution in [2.75, 3.05) is 25.6 Å². The van der Waals surface area contributed by atoms with Crippen LogP contribution < -0.4 is 11.1 Å². The van der Waals surface area contributed by atoms with Crippen molar-refractivity contribution >= 4 is 11.5 Å². The molecule has 2 rings (SSSR count). The van der Waals surface area contributed by atoms with Gasteiger partial charge in [-0.25, -0.2) is 18.2 Å². The monoisotopic (exact) mass is 425 g/mol. The van der Waals surface area contributed by atoms with Crippen molar-refractivity contribution in [1.82, 2.24) is 9.55 Å². The topological polar surface area (TPSA) is 97.7 Å². The fourth-order valence-corrected chi connectivity index (χ4v) is 2.88. The third-order valence-corrected chi connectivity index (χ3v) is 4.33. The zero-order valence-corrected chi connectivity index (χ0v) is 17.1. The Hall–Kier alpha value is -2.85. The van der Waals surface area contributed by atoms with E-state index in [1.807, 2.05) is 0 Å². The van der Waals surface area contributed by atoms with E-state index in [0.717, 1.165) is 19.1 Å². The number of imidazole rings is 1. The molecule has 0 bridgehead atoms. The van der Waals surface area contributed by atoms with E-state index in [4.69, 9.17) is 10.5 Å².